The van der Waals surface area contributed by atoms with Crippen molar-refractivity contribution in [3.05, 3.63) is 29.8 Å². The zero-order chi connectivity index (χ0) is 17.9. The third-order valence-corrected chi connectivity index (χ3v) is 3.83. The second-order valence-corrected chi connectivity index (χ2v) is 5.65. The van der Waals surface area contributed by atoms with Gasteiger partial charge in [0, 0.05) is 32.3 Å². The van der Waals surface area contributed by atoms with Gasteiger partial charge in [-0.15, -0.1) is 0 Å². The Morgan fingerprint density at radius 1 is 1.20 bits per heavy atom. The predicted molar refractivity (Wildman–Crippen MR) is 98.1 cm³/mol. The van der Waals surface area contributed by atoms with Gasteiger partial charge in [-0.2, -0.15) is 0 Å². The molecule has 0 spiro atoms. The quantitative estimate of drug-likeness (QED) is 0.691. The van der Waals surface area contributed by atoms with Crippen molar-refractivity contribution in [2.75, 3.05) is 52.6 Å². The number of carbonyl (C=O) groups is 1. The number of carbonyl (C=O) groups excluding carboxylic acids is 1. The number of ether oxygens (including phenoxy) is 3. The monoisotopic (exact) mass is 348 g/mol. The molecule has 1 fully saturated rings. The van der Waals surface area contributed by atoms with Gasteiger partial charge in [0.2, 0.25) is 5.91 Å². The largest absolute Gasteiger partial charge is 0.490 e. The Balaban J connectivity index is 1.82. The molecule has 138 valence electrons. The highest BCUT2D eigenvalue weighted by Gasteiger charge is 2.09. The predicted octanol–water partition coefficient (Wildman–Crippen LogP) is 1.95. The summed E-state index contributed by atoms with van der Waals surface area (Å²) in [5.41, 5.74) is 0.898. The van der Waals surface area contributed by atoms with Gasteiger partial charge >= 0.3 is 0 Å². The summed E-state index contributed by atoms with van der Waals surface area (Å²) < 4.78 is 16.4. The zero-order valence-corrected chi connectivity index (χ0v) is 15.1. The molecule has 25 heavy (non-hydrogen) atoms. The fourth-order valence-electron chi connectivity index (χ4n) is 2.56. The molecule has 0 atom stereocenters. The number of amides is 1. The van der Waals surface area contributed by atoms with Crippen molar-refractivity contribution in [1.29, 1.82) is 0 Å². The Morgan fingerprint density at radius 2 is 1.92 bits per heavy atom. The van der Waals surface area contributed by atoms with E-state index in [0.29, 0.717) is 25.5 Å². The molecule has 1 saturated heterocycles. The number of hydrogen-bond acceptors (Lipinski definition) is 5. The van der Waals surface area contributed by atoms with E-state index in [4.69, 9.17) is 14.2 Å². The fraction of sp³-hybridized carbons (Fsp3) is 0.526. The Labute approximate surface area is 149 Å². The molecule has 0 unspecified atom stereocenters. The van der Waals surface area contributed by atoms with Crippen molar-refractivity contribution < 1.29 is 19.0 Å². The molecule has 0 saturated carbocycles. The molecule has 1 aliphatic heterocycles. The zero-order valence-electron chi connectivity index (χ0n) is 15.1. The number of nitrogens with one attached hydrogen (secondary N) is 1. The number of benzene rings is 1. The first-order chi connectivity index (χ1) is 12.2. The van der Waals surface area contributed by atoms with E-state index in [0.717, 1.165) is 44.2 Å². The minimum Gasteiger partial charge on any atom is -0.490 e. The highest BCUT2D eigenvalue weighted by molar-refractivity contribution is 5.91. The third-order valence-electron chi connectivity index (χ3n) is 3.83. The summed E-state index contributed by atoms with van der Waals surface area (Å²) in [6.45, 7) is 9.90. The lowest BCUT2D eigenvalue weighted by atomic mass is 10.2. The van der Waals surface area contributed by atoms with E-state index in [1.807, 2.05) is 32.0 Å². The van der Waals surface area contributed by atoms with Gasteiger partial charge in [-0.25, -0.2) is 0 Å². The number of hydrogen-bond donors (Lipinski definition) is 1. The second kappa shape index (κ2) is 10.7. The van der Waals surface area contributed by atoms with Crippen molar-refractivity contribution in [2.45, 2.75) is 13.8 Å². The lowest BCUT2D eigenvalue weighted by molar-refractivity contribution is -0.116. The van der Waals surface area contributed by atoms with Gasteiger partial charge in [0.05, 0.1) is 26.4 Å². The van der Waals surface area contributed by atoms with Crippen LogP contribution >= 0.6 is 0 Å². The van der Waals surface area contributed by atoms with Crippen LogP contribution in [0.4, 0.5) is 0 Å². The van der Waals surface area contributed by atoms with E-state index in [9.17, 15) is 4.79 Å². The summed E-state index contributed by atoms with van der Waals surface area (Å²) in [7, 11) is 0. The number of morpholine rings is 1. The van der Waals surface area contributed by atoms with Crippen LogP contribution in [0.5, 0.6) is 11.5 Å². The van der Waals surface area contributed by atoms with Crippen molar-refractivity contribution in [2.24, 2.45) is 0 Å². The molecule has 0 aromatic heterocycles. The van der Waals surface area contributed by atoms with Gasteiger partial charge in [-0.3, -0.25) is 9.69 Å². The van der Waals surface area contributed by atoms with Crippen LogP contribution in [0.3, 0.4) is 0 Å². The van der Waals surface area contributed by atoms with Crippen LogP contribution in [0, 0.1) is 0 Å². The minimum absolute atomic E-state index is 0.0971. The molecule has 0 aliphatic carbocycles. The normalized spacial score (nSPS) is 15.3. The Morgan fingerprint density at radius 3 is 2.64 bits per heavy atom. The molecule has 0 bridgehead atoms. The highest BCUT2D eigenvalue weighted by atomic mass is 16.5. The van der Waals surface area contributed by atoms with E-state index in [2.05, 4.69) is 10.2 Å². The summed E-state index contributed by atoms with van der Waals surface area (Å²) in [6.07, 6.45) is 3.33. The molecule has 0 radical (unpaired) electrons. The van der Waals surface area contributed by atoms with E-state index >= 15 is 0 Å². The highest BCUT2D eigenvalue weighted by Crippen LogP contribution is 2.28. The Kier molecular flexibility index (Phi) is 8.28. The van der Waals surface area contributed by atoms with Gasteiger partial charge in [0.25, 0.3) is 0 Å². The van der Waals surface area contributed by atoms with Crippen LogP contribution < -0.4 is 14.8 Å². The molecular formula is C19H28N2O4. The Hall–Kier alpha value is -2.05. The van der Waals surface area contributed by atoms with Crippen molar-refractivity contribution in [1.82, 2.24) is 10.2 Å². The molecule has 1 aromatic carbocycles. The van der Waals surface area contributed by atoms with E-state index in [1.165, 1.54) is 0 Å². The molecule has 1 aromatic rings. The first-order valence-electron chi connectivity index (χ1n) is 8.88. The van der Waals surface area contributed by atoms with Crippen LogP contribution in [0.15, 0.2) is 24.3 Å². The average molecular weight is 348 g/mol. The van der Waals surface area contributed by atoms with Crippen LogP contribution in [0.25, 0.3) is 6.08 Å². The smallest absolute Gasteiger partial charge is 0.244 e. The van der Waals surface area contributed by atoms with Gasteiger partial charge in [-0.1, -0.05) is 6.07 Å². The van der Waals surface area contributed by atoms with Crippen LogP contribution in [-0.4, -0.2) is 63.4 Å². The van der Waals surface area contributed by atoms with Gasteiger partial charge in [0.1, 0.15) is 0 Å². The summed E-state index contributed by atoms with van der Waals surface area (Å²) in [4.78, 5) is 14.2. The molecule has 1 heterocycles. The van der Waals surface area contributed by atoms with Gasteiger partial charge in [0.15, 0.2) is 11.5 Å². The molecule has 1 aliphatic rings. The van der Waals surface area contributed by atoms with Crippen molar-refractivity contribution >= 4 is 12.0 Å². The molecule has 6 nitrogen and oxygen atoms in total. The maximum absolute atomic E-state index is 11.9. The second-order valence-electron chi connectivity index (χ2n) is 5.65. The summed E-state index contributed by atoms with van der Waals surface area (Å²) >= 11 is 0. The maximum Gasteiger partial charge on any atom is 0.244 e. The van der Waals surface area contributed by atoms with Crippen LogP contribution in [-0.2, 0) is 9.53 Å². The fourth-order valence-corrected chi connectivity index (χ4v) is 2.56. The average Bonchev–Trinajstić information content (AvgIpc) is 2.63. The lowest BCUT2D eigenvalue weighted by Gasteiger charge is -2.26. The standard InChI is InChI=1S/C19H28N2O4/c1-3-24-17-7-5-16(15-18(17)25-4-2)6-8-19(22)20-9-10-21-11-13-23-14-12-21/h5-8,15H,3-4,9-14H2,1-2H3,(H,20,22)/b8-6+. The topological polar surface area (TPSA) is 60.0 Å². The van der Waals surface area contributed by atoms with Crippen LogP contribution in [0.1, 0.15) is 19.4 Å². The Bertz CT molecular complexity index is 569. The first kappa shape index (κ1) is 19.3. The summed E-state index contributed by atoms with van der Waals surface area (Å²) in [5.74, 6) is 1.32. The van der Waals surface area contributed by atoms with Gasteiger partial charge < -0.3 is 19.5 Å². The molecular weight excluding hydrogens is 320 g/mol. The molecule has 1 N–H and O–H groups in total. The summed E-state index contributed by atoms with van der Waals surface area (Å²) in [5, 5.41) is 2.91. The number of nitrogens with zero attached hydrogens (tertiary/aromatic N) is 1. The third kappa shape index (κ3) is 6.76. The molecule has 6 heteroatoms. The van der Waals surface area contributed by atoms with Gasteiger partial charge in [-0.05, 0) is 37.6 Å². The SMILES string of the molecule is CCOc1ccc(/C=C/C(=O)NCCN2CCOCC2)cc1OCC. The van der Waals surface area contributed by atoms with E-state index < -0.39 is 0 Å². The van der Waals surface area contributed by atoms with Crippen LogP contribution in [0.2, 0.25) is 0 Å². The van der Waals surface area contributed by atoms with Crippen molar-refractivity contribution in [3.63, 3.8) is 0 Å². The first-order valence-corrected chi connectivity index (χ1v) is 8.88. The van der Waals surface area contributed by atoms with E-state index in [-0.39, 0.29) is 5.91 Å². The summed E-state index contributed by atoms with van der Waals surface area (Å²) in [6, 6.07) is 5.65. The van der Waals surface area contributed by atoms with E-state index in [1.54, 1.807) is 12.2 Å². The minimum atomic E-state index is -0.0971. The molecule has 2 rings (SSSR count). The molecule has 1 amide bonds. The maximum atomic E-state index is 11.9. The van der Waals surface area contributed by atoms with Crippen molar-refractivity contribution in [3.8, 4) is 11.5 Å². The lowest BCUT2D eigenvalue weighted by Crippen LogP contribution is -2.41. The number of rotatable bonds is 9.